The van der Waals surface area contributed by atoms with Crippen LogP contribution in [0.15, 0.2) is 30.3 Å². The third-order valence-electron chi connectivity index (χ3n) is 4.91. The molecule has 24 heavy (non-hydrogen) atoms. The minimum Gasteiger partial charge on any atom is -0.460 e. The van der Waals surface area contributed by atoms with Gasteiger partial charge in [-0.05, 0) is 24.3 Å². The first-order chi connectivity index (χ1) is 11.3. The molecule has 0 aromatic heterocycles. The molecule has 1 aliphatic heterocycles. The molecule has 1 aromatic carbocycles. The number of carbonyl (C=O) groups excluding carboxylic acids is 1. The van der Waals surface area contributed by atoms with E-state index in [0.717, 1.165) is 25.1 Å². The summed E-state index contributed by atoms with van der Waals surface area (Å²) in [7, 11) is 0. The lowest BCUT2D eigenvalue weighted by Crippen LogP contribution is -2.58. The summed E-state index contributed by atoms with van der Waals surface area (Å²) in [4.78, 5) is 14.7. The van der Waals surface area contributed by atoms with Gasteiger partial charge in [-0.15, -0.1) is 0 Å². The van der Waals surface area contributed by atoms with Gasteiger partial charge in [0.25, 0.3) is 0 Å². The number of carbonyl (C=O) groups is 1. The molecule has 4 heteroatoms. The average molecular weight is 332 g/mol. The second-order valence-electron chi connectivity index (χ2n) is 7.89. The summed E-state index contributed by atoms with van der Waals surface area (Å²) in [6.45, 7) is 13.1. The van der Waals surface area contributed by atoms with Gasteiger partial charge in [0.15, 0.2) is 0 Å². The van der Waals surface area contributed by atoms with E-state index in [4.69, 9.17) is 4.74 Å². The topological polar surface area (TPSA) is 41.6 Å². The average Bonchev–Trinajstić information content (AvgIpc) is 2.54. The Kier molecular flexibility index (Phi) is 6.41. The van der Waals surface area contributed by atoms with Gasteiger partial charge < -0.3 is 10.1 Å². The summed E-state index contributed by atoms with van der Waals surface area (Å²) in [5.74, 6) is -0.134. The molecule has 1 aromatic rings. The van der Waals surface area contributed by atoms with Gasteiger partial charge in [0, 0.05) is 25.2 Å². The largest absolute Gasteiger partial charge is 0.460 e. The lowest BCUT2D eigenvalue weighted by Gasteiger charge is -2.46. The van der Waals surface area contributed by atoms with E-state index in [1.165, 1.54) is 0 Å². The zero-order valence-corrected chi connectivity index (χ0v) is 15.7. The number of benzene rings is 1. The molecule has 0 bridgehead atoms. The Bertz CT molecular complexity index is 528. The maximum Gasteiger partial charge on any atom is 0.323 e. The van der Waals surface area contributed by atoms with Crippen LogP contribution in [0.4, 0.5) is 0 Å². The Balaban J connectivity index is 1.88. The minimum absolute atomic E-state index is 0.134. The second-order valence-corrected chi connectivity index (χ2v) is 7.89. The van der Waals surface area contributed by atoms with Crippen LogP contribution in [0.5, 0.6) is 0 Å². The second kappa shape index (κ2) is 8.13. The summed E-state index contributed by atoms with van der Waals surface area (Å²) >= 11 is 0. The highest BCUT2D eigenvalue weighted by Crippen LogP contribution is 2.30. The first kappa shape index (κ1) is 18.9. The summed E-state index contributed by atoms with van der Waals surface area (Å²) < 4.78 is 5.51. The summed E-state index contributed by atoms with van der Waals surface area (Å²) in [6, 6.07) is 10.6. The maximum atomic E-state index is 12.4. The van der Waals surface area contributed by atoms with Gasteiger partial charge >= 0.3 is 5.97 Å². The van der Waals surface area contributed by atoms with Gasteiger partial charge in [-0.25, -0.2) is 0 Å². The van der Waals surface area contributed by atoms with Crippen molar-refractivity contribution in [3.63, 3.8) is 0 Å². The molecule has 1 saturated heterocycles. The molecule has 0 aliphatic carbocycles. The molecule has 0 saturated carbocycles. The number of hydrogen-bond acceptors (Lipinski definition) is 4. The molecule has 0 spiro atoms. The highest BCUT2D eigenvalue weighted by molar-refractivity contribution is 5.75. The van der Waals surface area contributed by atoms with Crippen LogP contribution in [0.2, 0.25) is 0 Å². The van der Waals surface area contributed by atoms with Crippen LogP contribution in [-0.4, -0.2) is 42.1 Å². The predicted molar refractivity (Wildman–Crippen MR) is 97.7 cm³/mol. The van der Waals surface area contributed by atoms with Crippen LogP contribution >= 0.6 is 0 Å². The van der Waals surface area contributed by atoms with Crippen molar-refractivity contribution in [1.29, 1.82) is 0 Å². The summed E-state index contributed by atoms with van der Waals surface area (Å²) in [5.41, 5.74) is 1.16. The Morgan fingerprint density at radius 1 is 1.29 bits per heavy atom. The molecule has 0 radical (unpaired) electrons. The molecule has 1 fully saturated rings. The number of nitrogens with zero attached hydrogens (tertiary/aromatic N) is 1. The number of nitrogens with one attached hydrogen (secondary N) is 1. The molecule has 1 heterocycles. The standard InChI is InChI=1S/C20H32N2O2/c1-15(2)21-18-11-12-22(14-20(18,4)5)16(3)19(23)24-13-17-9-7-6-8-10-17/h6-10,15-16,18,21H,11-14H2,1-5H3. The number of ether oxygens (including phenoxy) is 1. The first-order valence-corrected chi connectivity index (χ1v) is 9.00. The van der Waals surface area contributed by atoms with E-state index in [1.54, 1.807) is 0 Å². The number of piperidine rings is 1. The van der Waals surface area contributed by atoms with Crippen LogP contribution in [0.25, 0.3) is 0 Å². The van der Waals surface area contributed by atoms with Crippen LogP contribution in [0.1, 0.15) is 46.6 Å². The van der Waals surface area contributed by atoms with Crippen molar-refractivity contribution in [2.45, 2.75) is 65.8 Å². The molecular weight excluding hydrogens is 300 g/mol. The fourth-order valence-corrected chi connectivity index (χ4v) is 3.44. The van der Waals surface area contributed by atoms with E-state index in [1.807, 2.05) is 37.3 Å². The zero-order valence-electron chi connectivity index (χ0n) is 15.7. The van der Waals surface area contributed by atoms with Crippen LogP contribution in [0, 0.1) is 5.41 Å². The van der Waals surface area contributed by atoms with Crippen LogP contribution in [-0.2, 0) is 16.1 Å². The lowest BCUT2D eigenvalue weighted by molar-refractivity contribution is -0.152. The first-order valence-electron chi connectivity index (χ1n) is 9.00. The third-order valence-corrected chi connectivity index (χ3v) is 4.91. The smallest absolute Gasteiger partial charge is 0.323 e. The van der Waals surface area contributed by atoms with Gasteiger partial charge in [-0.3, -0.25) is 9.69 Å². The van der Waals surface area contributed by atoms with Crippen molar-refractivity contribution in [2.75, 3.05) is 13.1 Å². The molecule has 134 valence electrons. The van der Waals surface area contributed by atoms with E-state index < -0.39 is 0 Å². The summed E-state index contributed by atoms with van der Waals surface area (Å²) in [6.07, 6.45) is 1.06. The van der Waals surface area contributed by atoms with E-state index >= 15 is 0 Å². The molecule has 4 nitrogen and oxygen atoms in total. The van der Waals surface area contributed by atoms with E-state index in [-0.39, 0.29) is 17.4 Å². The molecule has 2 rings (SSSR count). The number of esters is 1. The van der Waals surface area contributed by atoms with Crippen molar-refractivity contribution in [2.24, 2.45) is 5.41 Å². The highest BCUT2D eigenvalue weighted by Gasteiger charge is 2.39. The highest BCUT2D eigenvalue weighted by atomic mass is 16.5. The molecular formula is C20H32N2O2. The van der Waals surface area contributed by atoms with Gasteiger partial charge in [-0.1, -0.05) is 58.0 Å². The fourth-order valence-electron chi connectivity index (χ4n) is 3.44. The fraction of sp³-hybridized carbons (Fsp3) is 0.650. The van der Waals surface area contributed by atoms with Crippen LogP contribution in [0.3, 0.4) is 0 Å². The number of likely N-dealkylation sites (tertiary alicyclic amines) is 1. The van der Waals surface area contributed by atoms with Crippen molar-refractivity contribution < 1.29 is 9.53 Å². The monoisotopic (exact) mass is 332 g/mol. The van der Waals surface area contributed by atoms with Gasteiger partial charge in [0.1, 0.15) is 12.6 Å². The normalized spacial score (nSPS) is 22.3. The van der Waals surface area contributed by atoms with Crippen molar-refractivity contribution in [3.05, 3.63) is 35.9 Å². The van der Waals surface area contributed by atoms with E-state index in [9.17, 15) is 4.79 Å². The quantitative estimate of drug-likeness (QED) is 0.812. The number of hydrogen-bond donors (Lipinski definition) is 1. The van der Waals surface area contributed by atoms with Gasteiger partial charge in [0.2, 0.25) is 0 Å². The lowest BCUT2D eigenvalue weighted by atomic mass is 9.78. The summed E-state index contributed by atoms with van der Waals surface area (Å²) in [5, 5.41) is 3.66. The van der Waals surface area contributed by atoms with Crippen molar-refractivity contribution in [3.8, 4) is 0 Å². The Morgan fingerprint density at radius 2 is 1.96 bits per heavy atom. The Morgan fingerprint density at radius 3 is 2.54 bits per heavy atom. The van der Waals surface area contributed by atoms with Gasteiger partial charge in [0.05, 0.1) is 0 Å². The SMILES string of the molecule is CC(C)NC1CCN(C(C)C(=O)OCc2ccccc2)CC1(C)C. The maximum absolute atomic E-state index is 12.4. The van der Waals surface area contributed by atoms with Crippen molar-refractivity contribution in [1.82, 2.24) is 10.2 Å². The van der Waals surface area contributed by atoms with Crippen LogP contribution < -0.4 is 5.32 Å². The molecule has 0 amide bonds. The van der Waals surface area contributed by atoms with Gasteiger partial charge in [-0.2, -0.15) is 0 Å². The van der Waals surface area contributed by atoms with E-state index in [0.29, 0.717) is 18.7 Å². The van der Waals surface area contributed by atoms with Crippen molar-refractivity contribution >= 4 is 5.97 Å². The molecule has 2 atom stereocenters. The molecule has 2 unspecified atom stereocenters. The number of rotatable bonds is 6. The molecule has 1 N–H and O–H groups in total. The Hall–Kier alpha value is -1.39. The molecule has 1 aliphatic rings. The Labute approximate surface area is 146 Å². The predicted octanol–water partition coefficient (Wildman–Crippen LogP) is 3.22. The van der Waals surface area contributed by atoms with E-state index in [2.05, 4.69) is 37.9 Å². The third kappa shape index (κ3) is 5.05. The zero-order chi connectivity index (χ0) is 17.7. The minimum atomic E-state index is -0.201.